The topological polar surface area (TPSA) is 107 Å². The lowest BCUT2D eigenvalue weighted by atomic mass is 10.00. The van der Waals surface area contributed by atoms with E-state index in [2.05, 4.69) is 15.9 Å². The molecule has 1 fully saturated rings. The summed E-state index contributed by atoms with van der Waals surface area (Å²) in [6.45, 7) is 0.287. The van der Waals surface area contributed by atoms with Crippen LogP contribution in [0.15, 0.2) is 57.9 Å². The number of halogens is 1. The number of benzene rings is 2. The van der Waals surface area contributed by atoms with Crippen molar-refractivity contribution in [2.24, 2.45) is 5.92 Å². The van der Waals surface area contributed by atoms with Crippen molar-refractivity contribution in [1.29, 1.82) is 0 Å². The van der Waals surface area contributed by atoms with Gasteiger partial charge in [-0.05, 0) is 42.7 Å². The normalized spacial score (nSPS) is 17.6. The lowest BCUT2D eigenvalue weighted by molar-refractivity contribution is -0.384. The summed E-state index contributed by atoms with van der Waals surface area (Å²) in [5, 5.41) is 10.8. The van der Waals surface area contributed by atoms with Crippen LogP contribution in [0.2, 0.25) is 0 Å². The van der Waals surface area contributed by atoms with Crippen LogP contribution in [0.5, 0.6) is 0 Å². The van der Waals surface area contributed by atoms with E-state index < -0.39 is 26.8 Å². The number of esters is 1. The molecule has 0 aromatic heterocycles. The molecule has 1 atom stereocenters. The molecule has 1 unspecified atom stereocenters. The van der Waals surface area contributed by atoms with Crippen molar-refractivity contribution in [2.45, 2.75) is 24.3 Å². The van der Waals surface area contributed by atoms with Crippen LogP contribution < -0.4 is 0 Å². The predicted molar refractivity (Wildman–Crippen MR) is 109 cm³/mol. The van der Waals surface area contributed by atoms with E-state index >= 15 is 0 Å². The second-order valence-corrected chi connectivity index (χ2v) is 9.54. The van der Waals surface area contributed by atoms with Crippen molar-refractivity contribution in [3.05, 3.63) is 68.7 Å². The largest absolute Gasteiger partial charge is 0.461 e. The van der Waals surface area contributed by atoms with Gasteiger partial charge in [0.2, 0.25) is 10.0 Å². The number of rotatable bonds is 6. The van der Waals surface area contributed by atoms with E-state index in [0.29, 0.717) is 24.9 Å². The Bertz CT molecular complexity index is 1010. The third-order valence-electron chi connectivity index (χ3n) is 4.67. The SMILES string of the molecule is O=C(OCc1cccc([N+](=O)[O-])c1)C1CCCN(S(=O)(=O)c2ccc(Br)cc2)C1. The average Bonchev–Trinajstić information content (AvgIpc) is 2.72. The summed E-state index contributed by atoms with van der Waals surface area (Å²) in [6, 6.07) is 12.2. The Morgan fingerprint density at radius 1 is 1.24 bits per heavy atom. The van der Waals surface area contributed by atoms with Crippen LogP contribution in [0.1, 0.15) is 18.4 Å². The van der Waals surface area contributed by atoms with Crippen molar-refractivity contribution in [3.63, 3.8) is 0 Å². The number of non-ortho nitro benzene ring substituents is 1. The summed E-state index contributed by atoms with van der Waals surface area (Å²) in [5.74, 6) is -1.08. The number of ether oxygens (including phenoxy) is 1. The molecule has 0 bridgehead atoms. The van der Waals surface area contributed by atoms with Gasteiger partial charge in [-0.1, -0.05) is 28.1 Å². The summed E-state index contributed by atoms with van der Waals surface area (Å²) in [5.41, 5.74) is 0.422. The first kappa shape index (κ1) is 21.4. The minimum absolute atomic E-state index is 0.0478. The third-order valence-corrected chi connectivity index (χ3v) is 7.08. The summed E-state index contributed by atoms with van der Waals surface area (Å²) >= 11 is 3.28. The molecule has 0 amide bonds. The standard InChI is InChI=1S/C19H19BrN2O6S/c20-16-6-8-18(9-7-16)29(26,27)21-10-2-4-15(12-21)19(23)28-13-14-3-1-5-17(11-14)22(24)25/h1,3,5-9,11,15H,2,4,10,12-13H2. The quantitative estimate of drug-likeness (QED) is 0.354. The molecule has 0 N–H and O–H groups in total. The molecule has 0 radical (unpaired) electrons. The second kappa shape index (κ2) is 9.02. The molecule has 29 heavy (non-hydrogen) atoms. The Labute approximate surface area is 176 Å². The van der Waals surface area contributed by atoms with Crippen molar-refractivity contribution < 1.29 is 22.9 Å². The Kier molecular flexibility index (Phi) is 6.66. The number of hydrogen-bond donors (Lipinski definition) is 0. The number of nitro benzene ring substituents is 1. The van der Waals surface area contributed by atoms with E-state index in [1.54, 1.807) is 18.2 Å². The zero-order chi connectivity index (χ0) is 21.0. The first-order chi connectivity index (χ1) is 13.8. The smallest absolute Gasteiger partial charge is 0.310 e. The van der Waals surface area contributed by atoms with Gasteiger partial charge in [0.05, 0.1) is 15.7 Å². The summed E-state index contributed by atoms with van der Waals surface area (Å²) in [4.78, 5) is 23.0. The van der Waals surface area contributed by atoms with E-state index in [1.807, 2.05) is 0 Å². The van der Waals surface area contributed by atoms with E-state index in [-0.39, 0.29) is 23.7 Å². The summed E-state index contributed by atoms with van der Waals surface area (Å²) < 4.78 is 33.1. The molecule has 0 saturated carbocycles. The zero-order valence-corrected chi connectivity index (χ0v) is 17.8. The van der Waals surface area contributed by atoms with Gasteiger partial charge in [-0.3, -0.25) is 14.9 Å². The number of carbonyl (C=O) groups is 1. The van der Waals surface area contributed by atoms with E-state index in [4.69, 9.17) is 4.74 Å². The van der Waals surface area contributed by atoms with Crippen molar-refractivity contribution in [1.82, 2.24) is 4.31 Å². The zero-order valence-electron chi connectivity index (χ0n) is 15.4. The van der Waals surface area contributed by atoms with Crippen LogP contribution in [-0.4, -0.2) is 36.7 Å². The predicted octanol–water partition coefficient (Wildman–Crippen LogP) is 3.50. The van der Waals surface area contributed by atoms with E-state index in [0.717, 1.165) is 4.47 Å². The number of sulfonamides is 1. The van der Waals surface area contributed by atoms with Gasteiger partial charge in [0.15, 0.2) is 0 Å². The number of nitrogens with zero attached hydrogens (tertiary/aromatic N) is 2. The lowest BCUT2D eigenvalue weighted by Gasteiger charge is -2.30. The summed E-state index contributed by atoms with van der Waals surface area (Å²) in [7, 11) is -3.70. The number of carbonyl (C=O) groups excluding carboxylic acids is 1. The highest BCUT2D eigenvalue weighted by Crippen LogP contribution is 2.26. The molecule has 8 nitrogen and oxygen atoms in total. The Morgan fingerprint density at radius 3 is 2.66 bits per heavy atom. The molecule has 154 valence electrons. The second-order valence-electron chi connectivity index (χ2n) is 6.69. The maximum Gasteiger partial charge on any atom is 0.310 e. The number of piperidine rings is 1. The van der Waals surface area contributed by atoms with Gasteiger partial charge in [-0.2, -0.15) is 4.31 Å². The fraction of sp³-hybridized carbons (Fsp3) is 0.316. The highest BCUT2D eigenvalue weighted by atomic mass is 79.9. The molecule has 1 aliphatic rings. The fourth-order valence-electron chi connectivity index (χ4n) is 3.14. The molecule has 10 heteroatoms. The average molecular weight is 483 g/mol. The van der Waals surface area contributed by atoms with Crippen molar-refractivity contribution >= 4 is 37.6 Å². The summed E-state index contributed by atoms with van der Waals surface area (Å²) in [6.07, 6.45) is 1.08. The molecule has 0 aliphatic carbocycles. The molecule has 1 saturated heterocycles. The van der Waals surface area contributed by atoms with Gasteiger partial charge < -0.3 is 4.74 Å². The minimum atomic E-state index is -3.70. The van der Waals surface area contributed by atoms with Crippen LogP contribution in [0.3, 0.4) is 0 Å². The monoisotopic (exact) mass is 482 g/mol. The van der Waals surface area contributed by atoms with Crippen LogP contribution in [0, 0.1) is 16.0 Å². The molecular formula is C19H19BrN2O6S. The van der Waals surface area contributed by atoms with Gasteiger partial charge in [0.25, 0.3) is 5.69 Å². The van der Waals surface area contributed by atoms with Crippen LogP contribution in [-0.2, 0) is 26.2 Å². The van der Waals surface area contributed by atoms with Gasteiger partial charge in [-0.15, -0.1) is 0 Å². The maximum atomic E-state index is 12.8. The molecule has 2 aromatic rings. The molecule has 1 aliphatic heterocycles. The molecule has 2 aromatic carbocycles. The van der Waals surface area contributed by atoms with Crippen LogP contribution in [0.25, 0.3) is 0 Å². The highest BCUT2D eigenvalue weighted by molar-refractivity contribution is 9.10. The van der Waals surface area contributed by atoms with Gasteiger partial charge >= 0.3 is 5.97 Å². The van der Waals surface area contributed by atoms with Gasteiger partial charge in [-0.25, -0.2) is 8.42 Å². The highest BCUT2D eigenvalue weighted by Gasteiger charge is 2.34. The first-order valence-electron chi connectivity index (χ1n) is 8.93. The molecule has 1 heterocycles. The Hall–Kier alpha value is -2.30. The number of hydrogen-bond acceptors (Lipinski definition) is 6. The van der Waals surface area contributed by atoms with Crippen LogP contribution >= 0.6 is 15.9 Å². The fourth-order valence-corrected chi connectivity index (χ4v) is 4.93. The Balaban J connectivity index is 1.64. The van der Waals surface area contributed by atoms with Crippen molar-refractivity contribution in [3.8, 4) is 0 Å². The first-order valence-corrected chi connectivity index (χ1v) is 11.2. The van der Waals surface area contributed by atoms with Crippen molar-refractivity contribution in [2.75, 3.05) is 13.1 Å². The Morgan fingerprint density at radius 2 is 1.97 bits per heavy atom. The number of nitro groups is 1. The maximum absolute atomic E-state index is 12.8. The van der Waals surface area contributed by atoms with E-state index in [9.17, 15) is 23.3 Å². The van der Waals surface area contributed by atoms with Gasteiger partial charge in [0.1, 0.15) is 6.61 Å². The lowest BCUT2D eigenvalue weighted by Crippen LogP contribution is -2.42. The molecule has 0 spiro atoms. The molecular weight excluding hydrogens is 464 g/mol. The minimum Gasteiger partial charge on any atom is -0.461 e. The van der Waals surface area contributed by atoms with Gasteiger partial charge in [0, 0.05) is 29.7 Å². The third kappa shape index (κ3) is 5.20. The van der Waals surface area contributed by atoms with Crippen LogP contribution in [0.4, 0.5) is 5.69 Å². The van der Waals surface area contributed by atoms with E-state index in [1.165, 1.54) is 34.6 Å². The molecule has 3 rings (SSSR count).